The molecule has 1 N–H and O–H groups in total. The smallest absolute Gasteiger partial charge is 0.337 e. The molecule has 0 aliphatic heterocycles. The Bertz CT molecular complexity index is 597. The summed E-state index contributed by atoms with van der Waals surface area (Å²) in [5, 5.41) is 9.21. The van der Waals surface area contributed by atoms with Gasteiger partial charge in [0.05, 0.1) is 11.1 Å². The summed E-state index contributed by atoms with van der Waals surface area (Å²) < 4.78 is 2.14. The molecule has 0 aliphatic rings. The van der Waals surface area contributed by atoms with Gasteiger partial charge >= 0.3 is 5.97 Å². The average molecular weight is 260 g/mol. The Balaban J connectivity index is 2.53. The van der Waals surface area contributed by atoms with Gasteiger partial charge in [0.2, 0.25) is 0 Å². The van der Waals surface area contributed by atoms with E-state index in [-0.39, 0.29) is 5.56 Å². The van der Waals surface area contributed by atoms with E-state index in [4.69, 9.17) is 0 Å². The van der Waals surface area contributed by atoms with E-state index in [1.807, 2.05) is 13.0 Å². The minimum Gasteiger partial charge on any atom is -0.478 e. The molecule has 1 heterocycles. The van der Waals surface area contributed by atoms with E-state index < -0.39 is 5.97 Å². The lowest BCUT2D eigenvalue weighted by Gasteiger charge is -2.15. The van der Waals surface area contributed by atoms with E-state index in [2.05, 4.69) is 23.4 Å². The van der Waals surface area contributed by atoms with Crippen LogP contribution in [0, 0.1) is 12.8 Å². The Morgan fingerprint density at radius 3 is 2.63 bits per heavy atom. The molecule has 0 amide bonds. The first kappa shape index (κ1) is 13.6. The van der Waals surface area contributed by atoms with Gasteiger partial charge in [-0.15, -0.1) is 0 Å². The van der Waals surface area contributed by atoms with Crippen molar-refractivity contribution in [3.63, 3.8) is 0 Å². The van der Waals surface area contributed by atoms with E-state index in [0.29, 0.717) is 11.4 Å². The predicted molar refractivity (Wildman–Crippen MR) is 75.5 cm³/mol. The van der Waals surface area contributed by atoms with E-state index >= 15 is 0 Å². The summed E-state index contributed by atoms with van der Waals surface area (Å²) >= 11 is 0. The van der Waals surface area contributed by atoms with Crippen LogP contribution in [-0.4, -0.2) is 20.6 Å². The number of fused-ring (bicyclic) bond motifs is 1. The van der Waals surface area contributed by atoms with Crippen molar-refractivity contribution in [1.29, 1.82) is 0 Å². The van der Waals surface area contributed by atoms with Crippen LogP contribution >= 0.6 is 0 Å². The summed E-state index contributed by atoms with van der Waals surface area (Å²) in [5.74, 6) is 0.568. The van der Waals surface area contributed by atoms with Crippen molar-refractivity contribution in [2.24, 2.45) is 5.92 Å². The number of aromatic nitrogens is 2. The Labute approximate surface area is 113 Å². The van der Waals surface area contributed by atoms with Gasteiger partial charge in [-0.05, 0) is 25.0 Å². The summed E-state index contributed by atoms with van der Waals surface area (Å²) in [6, 6.07) is 5.35. The number of hydrogen-bond donors (Lipinski definition) is 1. The predicted octanol–water partition coefficient (Wildman–Crippen LogP) is 3.48. The Hall–Kier alpha value is -1.84. The van der Waals surface area contributed by atoms with Crippen molar-refractivity contribution in [1.82, 2.24) is 9.55 Å². The lowest BCUT2D eigenvalue weighted by Crippen LogP contribution is -2.10. The van der Waals surface area contributed by atoms with Crippen molar-refractivity contribution >= 4 is 17.0 Å². The quantitative estimate of drug-likeness (QED) is 0.895. The van der Waals surface area contributed by atoms with Crippen LogP contribution < -0.4 is 0 Å². The summed E-state index contributed by atoms with van der Waals surface area (Å²) in [7, 11) is 0. The number of benzene rings is 1. The molecule has 0 atom stereocenters. The summed E-state index contributed by atoms with van der Waals surface area (Å²) in [5.41, 5.74) is 1.80. The van der Waals surface area contributed by atoms with Gasteiger partial charge in [-0.3, -0.25) is 0 Å². The molecule has 1 aromatic heterocycles. The number of imidazole rings is 1. The first-order valence-corrected chi connectivity index (χ1v) is 6.77. The van der Waals surface area contributed by atoms with Gasteiger partial charge < -0.3 is 9.67 Å². The number of hydrogen-bond acceptors (Lipinski definition) is 2. The zero-order valence-electron chi connectivity index (χ0n) is 11.7. The molecule has 0 aliphatic carbocycles. The SMILES string of the molecule is CCC(CC)Cn1c(C)nc2c(C(=O)O)cccc21. The van der Waals surface area contributed by atoms with E-state index in [0.717, 1.165) is 30.7 Å². The Kier molecular flexibility index (Phi) is 3.88. The topological polar surface area (TPSA) is 55.1 Å². The maximum atomic E-state index is 11.2. The molecular weight excluding hydrogens is 240 g/mol. The number of carboxylic acid groups (broad SMARTS) is 1. The standard InChI is InChI=1S/C15H20N2O2/c1-4-11(5-2)9-17-10(3)16-14-12(15(18)19)7-6-8-13(14)17/h6-8,11H,4-5,9H2,1-3H3,(H,18,19). The third kappa shape index (κ3) is 2.48. The van der Waals surface area contributed by atoms with Crippen molar-refractivity contribution in [3.8, 4) is 0 Å². The minimum absolute atomic E-state index is 0.281. The second kappa shape index (κ2) is 5.43. The van der Waals surface area contributed by atoms with Gasteiger partial charge in [0.25, 0.3) is 0 Å². The monoisotopic (exact) mass is 260 g/mol. The second-order valence-corrected chi connectivity index (χ2v) is 4.93. The number of nitrogens with zero attached hydrogens (tertiary/aromatic N) is 2. The van der Waals surface area contributed by atoms with E-state index in [1.54, 1.807) is 12.1 Å². The van der Waals surface area contributed by atoms with Crippen molar-refractivity contribution in [2.75, 3.05) is 0 Å². The number of carbonyl (C=O) groups is 1. The maximum Gasteiger partial charge on any atom is 0.337 e. The van der Waals surface area contributed by atoms with Crippen LogP contribution in [0.25, 0.3) is 11.0 Å². The third-order valence-corrected chi connectivity index (χ3v) is 3.80. The number of carboxylic acids is 1. The lowest BCUT2D eigenvalue weighted by atomic mass is 10.0. The van der Waals surface area contributed by atoms with Crippen LogP contribution in [0.5, 0.6) is 0 Å². The molecule has 4 heteroatoms. The molecule has 0 radical (unpaired) electrons. The van der Waals surface area contributed by atoms with Crippen molar-refractivity contribution < 1.29 is 9.90 Å². The van der Waals surface area contributed by atoms with E-state index in [1.165, 1.54) is 0 Å². The molecule has 19 heavy (non-hydrogen) atoms. The molecule has 0 fully saturated rings. The molecule has 0 saturated carbocycles. The van der Waals surface area contributed by atoms with Gasteiger partial charge in [0.15, 0.2) is 0 Å². The summed E-state index contributed by atoms with van der Waals surface area (Å²) in [4.78, 5) is 15.7. The highest BCUT2D eigenvalue weighted by Crippen LogP contribution is 2.22. The number of aryl methyl sites for hydroxylation is 1. The summed E-state index contributed by atoms with van der Waals surface area (Å²) in [6.45, 7) is 7.21. The van der Waals surface area contributed by atoms with Gasteiger partial charge in [0, 0.05) is 6.54 Å². The van der Waals surface area contributed by atoms with Crippen LogP contribution in [-0.2, 0) is 6.54 Å². The van der Waals surface area contributed by atoms with Gasteiger partial charge in [0.1, 0.15) is 11.3 Å². The van der Waals surface area contributed by atoms with Gasteiger partial charge in [-0.2, -0.15) is 0 Å². The number of para-hydroxylation sites is 1. The molecule has 0 bridgehead atoms. The van der Waals surface area contributed by atoms with Crippen LogP contribution in [0.4, 0.5) is 0 Å². The maximum absolute atomic E-state index is 11.2. The highest BCUT2D eigenvalue weighted by atomic mass is 16.4. The lowest BCUT2D eigenvalue weighted by molar-refractivity contribution is 0.0699. The molecule has 0 spiro atoms. The molecular formula is C15H20N2O2. The van der Waals surface area contributed by atoms with Gasteiger partial charge in [-0.25, -0.2) is 9.78 Å². The molecule has 2 rings (SSSR count). The third-order valence-electron chi connectivity index (χ3n) is 3.80. The normalized spacial score (nSPS) is 11.4. The van der Waals surface area contributed by atoms with Gasteiger partial charge in [-0.1, -0.05) is 32.8 Å². The van der Waals surface area contributed by atoms with Crippen molar-refractivity contribution in [2.45, 2.75) is 40.2 Å². The molecule has 102 valence electrons. The zero-order valence-corrected chi connectivity index (χ0v) is 11.7. The molecule has 0 unspecified atom stereocenters. The number of rotatable bonds is 5. The molecule has 1 aromatic carbocycles. The minimum atomic E-state index is -0.919. The first-order chi connectivity index (χ1) is 9.08. The zero-order chi connectivity index (χ0) is 14.0. The fourth-order valence-corrected chi connectivity index (χ4v) is 2.47. The molecule has 2 aromatic rings. The highest BCUT2D eigenvalue weighted by molar-refractivity contribution is 6.01. The number of aromatic carboxylic acids is 1. The fraction of sp³-hybridized carbons (Fsp3) is 0.467. The van der Waals surface area contributed by atoms with Crippen LogP contribution in [0.1, 0.15) is 42.9 Å². The van der Waals surface area contributed by atoms with E-state index in [9.17, 15) is 9.90 Å². The molecule has 4 nitrogen and oxygen atoms in total. The Morgan fingerprint density at radius 2 is 2.05 bits per heavy atom. The Morgan fingerprint density at radius 1 is 1.37 bits per heavy atom. The van der Waals surface area contributed by atoms with Crippen LogP contribution in [0.3, 0.4) is 0 Å². The molecule has 0 saturated heterocycles. The summed E-state index contributed by atoms with van der Waals surface area (Å²) in [6.07, 6.45) is 2.24. The first-order valence-electron chi connectivity index (χ1n) is 6.77. The average Bonchev–Trinajstić information content (AvgIpc) is 2.71. The van der Waals surface area contributed by atoms with Crippen LogP contribution in [0.2, 0.25) is 0 Å². The second-order valence-electron chi connectivity index (χ2n) is 4.93. The fourth-order valence-electron chi connectivity index (χ4n) is 2.47. The van der Waals surface area contributed by atoms with Crippen LogP contribution in [0.15, 0.2) is 18.2 Å². The highest BCUT2D eigenvalue weighted by Gasteiger charge is 2.16. The van der Waals surface area contributed by atoms with Crippen molar-refractivity contribution in [3.05, 3.63) is 29.6 Å². The largest absolute Gasteiger partial charge is 0.478 e.